The molecule has 0 aromatic carbocycles. The van der Waals surface area contributed by atoms with Gasteiger partial charge in [0.1, 0.15) is 0 Å². The fourth-order valence-electron chi connectivity index (χ4n) is 3.40. The first kappa shape index (κ1) is 17.0. The van der Waals surface area contributed by atoms with Crippen molar-refractivity contribution in [3.63, 3.8) is 0 Å². The van der Waals surface area contributed by atoms with Crippen LogP contribution in [-0.4, -0.2) is 42.4 Å². The normalized spacial score (nSPS) is 20.3. The molecule has 130 valence electrons. The molecule has 1 aliphatic carbocycles. The Kier molecular flexibility index (Phi) is 5.18. The van der Waals surface area contributed by atoms with Crippen molar-refractivity contribution in [2.45, 2.75) is 38.5 Å². The van der Waals surface area contributed by atoms with Gasteiger partial charge < -0.3 is 15.4 Å². The molecule has 0 unspecified atom stereocenters. The van der Waals surface area contributed by atoms with Gasteiger partial charge in [0.2, 0.25) is 5.91 Å². The number of hydrogen-bond donors (Lipinski definition) is 1. The van der Waals surface area contributed by atoms with Gasteiger partial charge in [-0.25, -0.2) is 4.79 Å². The summed E-state index contributed by atoms with van der Waals surface area (Å²) in [6, 6.07) is 0. The van der Waals surface area contributed by atoms with Crippen molar-refractivity contribution in [1.29, 1.82) is 0 Å². The number of amides is 2. The van der Waals surface area contributed by atoms with Crippen LogP contribution in [0.25, 0.3) is 0 Å². The maximum absolute atomic E-state index is 12.3. The molecule has 24 heavy (non-hydrogen) atoms. The number of carbonyl (C=O) groups is 3. The molecule has 2 amide bonds. The number of carbonyl (C=O) groups excluding carboxylic acids is 3. The van der Waals surface area contributed by atoms with Crippen LogP contribution in [0.3, 0.4) is 0 Å². The number of fused-ring (bicyclic) bond motifs is 1. The van der Waals surface area contributed by atoms with Crippen LogP contribution in [0.2, 0.25) is 0 Å². The molecule has 1 aromatic rings. The summed E-state index contributed by atoms with van der Waals surface area (Å²) in [6.45, 7) is 0.614. The lowest BCUT2D eigenvalue weighted by Crippen LogP contribution is -2.45. The number of likely N-dealkylation sites (tertiary alicyclic amines) is 1. The number of nitrogens with two attached hydrogens (primary N) is 1. The monoisotopic (exact) mass is 350 g/mol. The highest BCUT2D eigenvalue weighted by atomic mass is 32.1. The Hall–Kier alpha value is -1.89. The standard InChI is InChI=1S/C17H22N2O4S/c18-16(21)11-4-3-7-19(8-11)15(20)9-23-17(22)13-10-24-14-6-2-1-5-12(13)14/h10-11H,1-9H2,(H2,18,21)/t11-/m1/s1. The van der Waals surface area contributed by atoms with Crippen LogP contribution in [0.5, 0.6) is 0 Å². The van der Waals surface area contributed by atoms with E-state index in [0.29, 0.717) is 25.1 Å². The van der Waals surface area contributed by atoms with Crippen molar-refractivity contribution in [2.75, 3.05) is 19.7 Å². The highest BCUT2D eigenvalue weighted by Crippen LogP contribution is 2.30. The van der Waals surface area contributed by atoms with E-state index in [9.17, 15) is 14.4 Å². The summed E-state index contributed by atoms with van der Waals surface area (Å²) in [5, 5.41) is 1.84. The van der Waals surface area contributed by atoms with E-state index in [-0.39, 0.29) is 24.3 Å². The second-order valence-corrected chi connectivity index (χ2v) is 7.38. The number of thiophene rings is 1. The summed E-state index contributed by atoms with van der Waals surface area (Å²) in [7, 11) is 0. The summed E-state index contributed by atoms with van der Waals surface area (Å²) in [4.78, 5) is 38.6. The topological polar surface area (TPSA) is 89.7 Å². The van der Waals surface area contributed by atoms with Crippen molar-refractivity contribution in [1.82, 2.24) is 4.90 Å². The van der Waals surface area contributed by atoms with Crippen LogP contribution < -0.4 is 5.73 Å². The summed E-state index contributed by atoms with van der Waals surface area (Å²) in [5.41, 5.74) is 7.02. The summed E-state index contributed by atoms with van der Waals surface area (Å²) < 4.78 is 5.22. The maximum atomic E-state index is 12.3. The Morgan fingerprint density at radius 1 is 1.25 bits per heavy atom. The minimum Gasteiger partial charge on any atom is -0.452 e. The minimum atomic E-state index is -0.425. The van der Waals surface area contributed by atoms with E-state index >= 15 is 0 Å². The zero-order valence-electron chi connectivity index (χ0n) is 13.6. The third-order valence-corrected chi connectivity index (χ3v) is 5.87. The molecule has 6 nitrogen and oxygen atoms in total. The van der Waals surface area contributed by atoms with E-state index in [1.165, 1.54) is 4.88 Å². The number of ether oxygens (including phenoxy) is 1. The Labute approximate surface area is 145 Å². The van der Waals surface area contributed by atoms with E-state index in [2.05, 4.69) is 0 Å². The molecule has 0 saturated carbocycles. The smallest absolute Gasteiger partial charge is 0.339 e. The van der Waals surface area contributed by atoms with Crippen LogP contribution in [0, 0.1) is 5.92 Å². The van der Waals surface area contributed by atoms with Gasteiger partial charge in [-0.2, -0.15) is 0 Å². The van der Waals surface area contributed by atoms with Crippen molar-refractivity contribution in [3.05, 3.63) is 21.4 Å². The van der Waals surface area contributed by atoms with Gasteiger partial charge in [0.25, 0.3) is 5.91 Å². The lowest BCUT2D eigenvalue weighted by atomic mass is 9.96. The van der Waals surface area contributed by atoms with Gasteiger partial charge in [0.15, 0.2) is 6.61 Å². The second-order valence-electron chi connectivity index (χ2n) is 6.42. The van der Waals surface area contributed by atoms with Crippen LogP contribution >= 0.6 is 11.3 Å². The first-order valence-corrected chi connectivity index (χ1v) is 9.27. The Morgan fingerprint density at radius 2 is 2.04 bits per heavy atom. The molecule has 1 fully saturated rings. The molecule has 2 heterocycles. The van der Waals surface area contributed by atoms with Crippen molar-refractivity contribution < 1.29 is 19.1 Å². The quantitative estimate of drug-likeness (QED) is 0.834. The van der Waals surface area contributed by atoms with Gasteiger partial charge in [0.05, 0.1) is 11.5 Å². The highest BCUT2D eigenvalue weighted by molar-refractivity contribution is 7.10. The summed E-state index contributed by atoms with van der Waals surface area (Å²) in [6.07, 6.45) is 5.63. The molecule has 2 N–H and O–H groups in total. The molecule has 2 aliphatic rings. The minimum absolute atomic E-state index is 0.265. The average Bonchev–Trinajstić information content (AvgIpc) is 3.03. The predicted molar refractivity (Wildman–Crippen MR) is 89.7 cm³/mol. The molecule has 3 rings (SSSR count). The third kappa shape index (κ3) is 3.61. The Morgan fingerprint density at radius 3 is 2.83 bits per heavy atom. The Balaban J connectivity index is 1.55. The molecule has 0 bridgehead atoms. The number of hydrogen-bond acceptors (Lipinski definition) is 5. The van der Waals surface area contributed by atoms with Gasteiger partial charge in [-0.1, -0.05) is 0 Å². The van der Waals surface area contributed by atoms with E-state index in [0.717, 1.165) is 37.7 Å². The van der Waals surface area contributed by atoms with Gasteiger partial charge in [0, 0.05) is 23.3 Å². The molecular formula is C17H22N2O4S. The zero-order valence-corrected chi connectivity index (χ0v) is 14.4. The molecule has 1 aliphatic heterocycles. The molecule has 0 spiro atoms. The number of piperidine rings is 1. The Bertz CT molecular complexity index is 655. The molecule has 1 aromatic heterocycles. The van der Waals surface area contributed by atoms with Crippen molar-refractivity contribution in [2.24, 2.45) is 11.7 Å². The number of aryl methyl sites for hydroxylation is 1. The molecule has 7 heteroatoms. The first-order chi connectivity index (χ1) is 11.6. The van der Waals surface area contributed by atoms with Gasteiger partial charge in [-0.05, 0) is 44.1 Å². The van der Waals surface area contributed by atoms with Gasteiger partial charge in [-0.15, -0.1) is 11.3 Å². The second kappa shape index (κ2) is 7.34. The van der Waals surface area contributed by atoms with Crippen LogP contribution in [0.15, 0.2) is 5.38 Å². The van der Waals surface area contributed by atoms with Gasteiger partial charge in [-0.3, -0.25) is 9.59 Å². The SMILES string of the molecule is NC(=O)[C@@H]1CCCN(C(=O)COC(=O)c2csc3c2CCCC3)C1. The van der Waals surface area contributed by atoms with Crippen LogP contribution in [0.1, 0.15) is 46.5 Å². The van der Waals surface area contributed by atoms with Crippen LogP contribution in [-0.2, 0) is 27.2 Å². The van der Waals surface area contributed by atoms with E-state index in [1.54, 1.807) is 16.2 Å². The molecule has 1 saturated heterocycles. The first-order valence-electron chi connectivity index (χ1n) is 8.39. The number of nitrogens with zero attached hydrogens (tertiary/aromatic N) is 1. The zero-order chi connectivity index (χ0) is 17.1. The predicted octanol–water partition coefficient (Wildman–Crippen LogP) is 1.51. The van der Waals surface area contributed by atoms with E-state index < -0.39 is 5.97 Å². The van der Waals surface area contributed by atoms with E-state index in [4.69, 9.17) is 10.5 Å². The maximum Gasteiger partial charge on any atom is 0.339 e. The molecule has 0 radical (unpaired) electrons. The molecule has 1 atom stereocenters. The summed E-state index contributed by atoms with van der Waals surface area (Å²) in [5.74, 6) is -1.37. The largest absolute Gasteiger partial charge is 0.452 e. The highest BCUT2D eigenvalue weighted by Gasteiger charge is 2.28. The third-order valence-electron chi connectivity index (χ3n) is 4.78. The number of esters is 1. The number of primary amides is 1. The lowest BCUT2D eigenvalue weighted by Gasteiger charge is -2.31. The van der Waals surface area contributed by atoms with Gasteiger partial charge >= 0.3 is 5.97 Å². The molecular weight excluding hydrogens is 328 g/mol. The summed E-state index contributed by atoms with van der Waals surface area (Å²) >= 11 is 1.60. The van der Waals surface area contributed by atoms with E-state index in [1.807, 2.05) is 5.38 Å². The lowest BCUT2D eigenvalue weighted by molar-refractivity contribution is -0.137. The van der Waals surface area contributed by atoms with Crippen molar-refractivity contribution >= 4 is 29.1 Å². The average molecular weight is 350 g/mol. The fourth-order valence-corrected chi connectivity index (χ4v) is 4.51. The van der Waals surface area contributed by atoms with Crippen molar-refractivity contribution in [3.8, 4) is 0 Å². The van der Waals surface area contributed by atoms with Crippen LogP contribution in [0.4, 0.5) is 0 Å². The fraction of sp³-hybridized carbons (Fsp3) is 0.588. The number of rotatable bonds is 4.